The molecule has 0 saturated heterocycles. The second-order valence-electron chi connectivity index (χ2n) is 4.75. The molecular formula is C13H20N2O4S. The fourth-order valence-corrected chi connectivity index (χ4v) is 3.60. The molecule has 20 heavy (non-hydrogen) atoms. The van der Waals surface area contributed by atoms with E-state index in [1.54, 1.807) is 32.9 Å². The lowest BCUT2D eigenvalue weighted by atomic mass is 10.2. The molecular weight excluding hydrogens is 280 g/mol. The van der Waals surface area contributed by atoms with E-state index in [9.17, 15) is 13.2 Å². The van der Waals surface area contributed by atoms with Gasteiger partial charge in [-0.05, 0) is 38.5 Å². The summed E-state index contributed by atoms with van der Waals surface area (Å²) in [5, 5.41) is 0. The fourth-order valence-electron chi connectivity index (χ4n) is 1.76. The number of aryl methyl sites for hydroxylation is 1. The van der Waals surface area contributed by atoms with Gasteiger partial charge in [-0.2, -0.15) is 4.31 Å². The topological polar surface area (TPSA) is 89.7 Å². The van der Waals surface area contributed by atoms with Crippen LogP contribution in [0.5, 0.6) is 0 Å². The van der Waals surface area contributed by atoms with Crippen LogP contribution in [0.4, 0.5) is 5.69 Å². The number of rotatable bonds is 5. The largest absolute Gasteiger partial charge is 0.468 e. The molecule has 0 spiro atoms. The molecule has 1 rings (SSSR count). The summed E-state index contributed by atoms with van der Waals surface area (Å²) in [5.74, 6) is -0.608. The lowest BCUT2D eigenvalue weighted by molar-refractivity contribution is -0.141. The summed E-state index contributed by atoms with van der Waals surface area (Å²) in [4.78, 5) is 11.5. The Balaban J connectivity index is 3.30. The normalized spacial score (nSPS) is 11.9. The molecule has 0 radical (unpaired) electrons. The number of benzene rings is 1. The Bertz CT molecular complexity index is 596. The molecule has 0 amide bonds. The van der Waals surface area contributed by atoms with Crippen LogP contribution in [-0.4, -0.2) is 38.4 Å². The van der Waals surface area contributed by atoms with Crippen LogP contribution in [0.3, 0.4) is 0 Å². The van der Waals surface area contributed by atoms with Crippen molar-refractivity contribution in [3.63, 3.8) is 0 Å². The van der Waals surface area contributed by atoms with E-state index in [2.05, 4.69) is 4.74 Å². The van der Waals surface area contributed by atoms with Crippen LogP contribution >= 0.6 is 0 Å². The van der Waals surface area contributed by atoms with Crippen molar-refractivity contribution in [1.82, 2.24) is 4.31 Å². The van der Waals surface area contributed by atoms with E-state index in [1.807, 2.05) is 0 Å². The molecule has 0 unspecified atom stereocenters. The number of hydrogen-bond acceptors (Lipinski definition) is 5. The van der Waals surface area contributed by atoms with E-state index in [4.69, 9.17) is 5.73 Å². The molecule has 0 aliphatic heterocycles. The van der Waals surface area contributed by atoms with E-state index in [1.165, 1.54) is 13.2 Å². The fraction of sp³-hybridized carbons (Fsp3) is 0.462. The molecule has 1 aromatic carbocycles. The minimum Gasteiger partial charge on any atom is -0.468 e. The molecule has 0 aliphatic rings. The standard InChI is InChI=1S/C13H20N2O4S/c1-9(2)15(8-13(16)19-4)20(17,18)12-7-11(14)6-5-10(12)3/h5-7,9H,8,14H2,1-4H3. The number of esters is 1. The van der Waals surface area contributed by atoms with Gasteiger partial charge < -0.3 is 10.5 Å². The van der Waals surface area contributed by atoms with Crippen molar-refractivity contribution in [2.45, 2.75) is 31.7 Å². The molecule has 112 valence electrons. The Hall–Kier alpha value is -1.60. The molecule has 0 fully saturated rings. The Morgan fingerprint density at radius 2 is 2.00 bits per heavy atom. The SMILES string of the molecule is COC(=O)CN(C(C)C)S(=O)(=O)c1cc(N)ccc1C. The second-order valence-corrected chi connectivity index (χ2v) is 6.60. The predicted octanol–water partition coefficient (Wildman–Crippen LogP) is 1.15. The molecule has 6 nitrogen and oxygen atoms in total. The molecule has 0 aromatic heterocycles. The number of nitrogens with zero attached hydrogens (tertiary/aromatic N) is 1. The Morgan fingerprint density at radius 1 is 1.40 bits per heavy atom. The lowest BCUT2D eigenvalue weighted by Crippen LogP contribution is -2.41. The molecule has 0 bridgehead atoms. The molecule has 0 heterocycles. The highest BCUT2D eigenvalue weighted by Crippen LogP contribution is 2.23. The maximum Gasteiger partial charge on any atom is 0.321 e. The van der Waals surface area contributed by atoms with E-state index < -0.39 is 16.0 Å². The van der Waals surface area contributed by atoms with Crippen molar-refractivity contribution in [3.8, 4) is 0 Å². The van der Waals surface area contributed by atoms with Crippen molar-refractivity contribution in [2.24, 2.45) is 0 Å². The molecule has 1 aromatic rings. The zero-order valence-corrected chi connectivity index (χ0v) is 12.9. The van der Waals surface area contributed by atoms with Gasteiger partial charge in [0.2, 0.25) is 10.0 Å². The van der Waals surface area contributed by atoms with Gasteiger partial charge in [0.05, 0.1) is 12.0 Å². The maximum absolute atomic E-state index is 12.7. The zero-order valence-electron chi connectivity index (χ0n) is 12.1. The first-order valence-corrected chi connectivity index (χ1v) is 7.59. The first-order chi connectivity index (χ1) is 9.20. The van der Waals surface area contributed by atoms with Crippen molar-refractivity contribution in [3.05, 3.63) is 23.8 Å². The van der Waals surface area contributed by atoms with Crippen molar-refractivity contribution in [1.29, 1.82) is 0 Å². The molecule has 2 N–H and O–H groups in total. The van der Waals surface area contributed by atoms with Gasteiger partial charge in [0.15, 0.2) is 0 Å². The summed E-state index contributed by atoms with van der Waals surface area (Å²) >= 11 is 0. The van der Waals surface area contributed by atoms with E-state index in [0.29, 0.717) is 11.3 Å². The van der Waals surface area contributed by atoms with Crippen LogP contribution in [0.25, 0.3) is 0 Å². The number of ether oxygens (including phenoxy) is 1. The first kappa shape index (κ1) is 16.5. The van der Waals surface area contributed by atoms with Crippen LogP contribution in [0, 0.1) is 6.92 Å². The highest BCUT2D eigenvalue weighted by molar-refractivity contribution is 7.89. The number of methoxy groups -OCH3 is 1. The quantitative estimate of drug-likeness (QED) is 0.651. The number of carbonyl (C=O) groups excluding carboxylic acids is 1. The van der Waals surface area contributed by atoms with Crippen LogP contribution < -0.4 is 5.73 Å². The number of nitrogens with two attached hydrogens (primary N) is 1. The number of hydrogen-bond donors (Lipinski definition) is 1. The van der Waals surface area contributed by atoms with Gasteiger partial charge in [-0.3, -0.25) is 4.79 Å². The first-order valence-electron chi connectivity index (χ1n) is 6.15. The van der Waals surface area contributed by atoms with Gasteiger partial charge in [0.25, 0.3) is 0 Å². The second kappa shape index (κ2) is 6.23. The molecule has 0 saturated carbocycles. The Morgan fingerprint density at radius 3 is 2.50 bits per heavy atom. The van der Waals surface area contributed by atoms with E-state index in [-0.39, 0.29) is 17.5 Å². The average molecular weight is 300 g/mol. The van der Waals surface area contributed by atoms with Crippen LogP contribution in [0.2, 0.25) is 0 Å². The van der Waals surface area contributed by atoms with Crippen molar-refractivity contribution in [2.75, 3.05) is 19.4 Å². The summed E-state index contributed by atoms with van der Waals surface area (Å²) in [7, 11) is -2.58. The predicted molar refractivity (Wildman–Crippen MR) is 76.6 cm³/mol. The summed E-state index contributed by atoms with van der Waals surface area (Å²) in [6.07, 6.45) is 0. The van der Waals surface area contributed by atoms with Gasteiger partial charge >= 0.3 is 5.97 Å². The highest BCUT2D eigenvalue weighted by atomic mass is 32.2. The third-order valence-corrected chi connectivity index (χ3v) is 5.05. The van der Waals surface area contributed by atoms with Gasteiger partial charge in [-0.15, -0.1) is 0 Å². The highest BCUT2D eigenvalue weighted by Gasteiger charge is 2.30. The van der Waals surface area contributed by atoms with Gasteiger partial charge in [0.1, 0.15) is 6.54 Å². The van der Waals surface area contributed by atoms with Crippen LogP contribution in [0.1, 0.15) is 19.4 Å². The van der Waals surface area contributed by atoms with Crippen molar-refractivity contribution >= 4 is 21.7 Å². The Kier molecular flexibility index (Phi) is 5.13. The summed E-state index contributed by atoms with van der Waals surface area (Å²) < 4.78 is 31.0. The third kappa shape index (κ3) is 3.49. The van der Waals surface area contributed by atoms with Crippen LogP contribution in [-0.2, 0) is 19.6 Å². The minimum absolute atomic E-state index is 0.107. The molecule has 7 heteroatoms. The Labute approximate surface area is 119 Å². The zero-order chi connectivity index (χ0) is 15.5. The summed E-state index contributed by atoms with van der Waals surface area (Å²) in [6, 6.07) is 4.30. The molecule has 0 aliphatic carbocycles. The molecule has 0 atom stereocenters. The van der Waals surface area contributed by atoms with Gasteiger partial charge in [0, 0.05) is 11.7 Å². The number of sulfonamides is 1. The van der Waals surface area contributed by atoms with E-state index >= 15 is 0 Å². The smallest absolute Gasteiger partial charge is 0.321 e. The van der Waals surface area contributed by atoms with Crippen molar-refractivity contribution < 1.29 is 17.9 Å². The summed E-state index contributed by atoms with van der Waals surface area (Å²) in [6.45, 7) is 4.75. The maximum atomic E-state index is 12.7. The number of carbonyl (C=O) groups is 1. The summed E-state index contributed by atoms with van der Waals surface area (Å²) in [5.41, 5.74) is 6.59. The average Bonchev–Trinajstić information content (AvgIpc) is 2.37. The monoisotopic (exact) mass is 300 g/mol. The minimum atomic E-state index is -3.81. The lowest BCUT2D eigenvalue weighted by Gasteiger charge is -2.25. The van der Waals surface area contributed by atoms with Gasteiger partial charge in [-0.1, -0.05) is 6.07 Å². The van der Waals surface area contributed by atoms with E-state index in [0.717, 1.165) is 4.31 Å². The van der Waals surface area contributed by atoms with Crippen LogP contribution in [0.15, 0.2) is 23.1 Å². The third-order valence-electron chi connectivity index (χ3n) is 2.89. The number of anilines is 1. The van der Waals surface area contributed by atoms with Gasteiger partial charge in [-0.25, -0.2) is 8.42 Å². The number of nitrogen functional groups attached to an aromatic ring is 1.